The van der Waals surface area contributed by atoms with E-state index >= 15 is 0 Å². The minimum absolute atomic E-state index is 0.0427. The first-order valence-corrected chi connectivity index (χ1v) is 10.1. The van der Waals surface area contributed by atoms with Crippen molar-refractivity contribution in [2.75, 3.05) is 13.7 Å². The predicted octanol–water partition coefficient (Wildman–Crippen LogP) is 2.81. The topological polar surface area (TPSA) is 121 Å². The third kappa shape index (κ3) is 3.30. The quantitative estimate of drug-likeness (QED) is 0.475. The largest absolute Gasteiger partial charge is 0.466 e. The molecule has 164 valence electrons. The van der Waals surface area contributed by atoms with Crippen molar-refractivity contribution in [2.45, 2.75) is 19.8 Å². The summed E-state index contributed by atoms with van der Waals surface area (Å²) in [4.78, 5) is 38.8. The Morgan fingerprint density at radius 3 is 2.50 bits per heavy atom. The lowest BCUT2D eigenvalue weighted by Gasteiger charge is -2.30. The molecule has 0 amide bonds. The summed E-state index contributed by atoms with van der Waals surface area (Å²) < 4.78 is 16.3. The van der Waals surface area contributed by atoms with E-state index in [0.29, 0.717) is 27.6 Å². The molecule has 4 rings (SSSR count). The molecule has 1 aromatic heterocycles. The average molecular weight is 434 g/mol. The van der Waals surface area contributed by atoms with Gasteiger partial charge in [0.05, 0.1) is 41.6 Å². The van der Waals surface area contributed by atoms with E-state index in [1.807, 2.05) is 0 Å². The highest BCUT2D eigenvalue weighted by Crippen LogP contribution is 2.41. The second-order valence-corrected chi connectivity index (χ2v) is 7.29. The maximum absolute atomic E-state index is 13.1. The van der Waals surface area contributed by atoms with Crippen LogP contribution in [0, 0.1) is 0 Å². The number of hydrogen-bond acceptors (Lipinski definition) is 8. The van der Waals surface area contributed by atoms with Gasteiger partial charge in [0.2, 0.25) is 5.43 Å². The van der Waals surface area contributed by atoms with E-state index < -0.39 is 17.9 Å². The van der Waals surface area contributed by atoms with Crippen molar-refractivity contribution in [3.63, 3.8) is 0 Å². The van der Waals surface area contributed by atoms with Crippen molar-refractivity contribution in [3.8, 4) is 0 Å². The molecule has 1 aliphatic heterocycles. The Hall–Kier alpha value is -4.07. The fraction of sp³-hybridized carbons (Fsp3) is 0.208. The van der Waals surface area contributed by atoms with Gasteiger partial charge in [0.15, 0.2) is 0 Å². The Labute approximate surface area is 183 Å². The number of dihydropyridines is 1. The van der Waals surface area contributed by atoms with Crippen LogP contribution in [0.15, 0.2) is 74.3 Å². The summed E-state index contributed by atoms with van der Waals surface area (Å²) in [5, 5.41) is 3.62. The molecule has 8 heteroatoms. The second-order valence-electron chi connectivity index (χ2n) is 7.29. The van der Waals surface area contributed by atoms with Crippen molar-refractivity contribution in [3.05, 3.63) is 80.9 Å². The highest BCUT2D eigenvalue weighted by atomic mass is 16.5. The van der Waals surface area contributed by atoms with Crippen LogP contribution in [0.2, 0.25) is 0 Å². The van der Waals surface area contributed by atoms with Crippen LogP contribution >= 0.6 is 0 Å². The molecular weight excluding hydrogens is 412 g/mol. The summed E-state index contributed by atoms with van der Waals surface area (Å²) in [7, 11) is 1.25. The molecule has 1 aliphatic rings. The summed E-state index contributed by atoms with van der Waals surface area (Å²) in [6.45, 7) is 3.45. The number of nitrogens with one attached hydrogen (secondary N) is 1. The van der Waals surface area contributed by atoms with E-state index in [2.05, 4.69) is 5.32 Å². The zero-order chi connectivity index (χ0) is 23.0. The normalized spacial score (nSPS) is 16.3. The lowest BCUT2D eigenvalue weighted by molar-refractivity contribution is -0.139. The molecule has 3 N–H and O–H groups in total. The highest BCUT2D eigenvalue weighted by molar-refractivity contribution is 6.02. The van der Waals surface area contributed by atoms with Crippen LogP contribution in [-0.2, 0) is 19.1 Å². The number of ether oxygens (including phenoxy) is 2. The van der Waals surface area contributed by atoms with Gasteiger partial charge in [-0.3, -0.25) is 4.79 Å². The van der Waals surface area contributed by atoms with Gasteiger partial charge in [-0.25, -0.2) is 9.59 Å². The molecule has 0 saturated heterocycles. The van der Waals surface area contributed by atoms with Crippen LogP contribution < -0.4 is 16.5 Å². The zero-order valence-electron chi connectivity index (χ0n) is 17.9. The van der Waals surface area contributed by atoms with E-state index in [1.54, 1.807) is 56.3 Å². The molecule has 1 unspecified atom stereocenters. The number of methoxy groups -OCH3 is 1. The first kappa shape index (κ1) is 21.2. The number of carbonyl (C=O) groups excluding carboxylic acids is 2. The molecule has 1 atom stereocenters. The van der Waals surface area contributed by atoms with Gasteiger partial charge in [0, 0.05) is 11.3 Å². The Bertz CT molecular complexity index is 1380. The average Bonchev–Trinajstić information content (AvgIpc) is 2.78. The number of allylic oxidation sites excluding steroid dienone is 1. The highest BCUT2D eigenvalue weighted by Gasteiger charge is 2.39. The summed E-state index contributed by atoms with van der Waals surface area (Å²) >= 11 is 0. The molecular formula is C24H22N2O6. The van der Waals surface area contributed by atoms with Crippen molar-refractivity contribution in [1.29, 1.82) is 0 Å². The molecule has 8 nitrogen and oxygen atoms in total. The summed E-state index contributed by atoms with van der Waals surface area (Å²) in [5.41, 5.74) is 7.69. The minimum Gasteiger partial charge on any atom is -0.466 e. The summed E-state index contributed by atoms with van der Waals surface area (Å²) in [5.74, 6) is -2.24. The number of nitrogens with two attached hydrogens (primary N) is 1. The van der Waals surface area contributed by atoms with E-state index in [-0.39, 0.29) is 34.6 Å². The molecule has 32 heavy (non-hydrogen) atoms. The lowest BCUT2D eigenvalue weighted by atomic mass is 9.80. The van der Waals surface area contributed by atoms with Crippen LogP contribution in [0.1, 0.15) is 25.3 Å². The molecule has 2 heterocycles. The van der Waals surface area contributed by atoms with Gasteiger partial charge in [-0.15, -0.1) is 0 Å². The van der Waals surface area contributed by atoms with Crippen molar-refractivity contribution >= 4 is 33.9 Å². The number of hydrogen-bond donors (Lipinski definition) is 2. The number of rotatable bonds is 4. The van der Waals surface area contributed by atoms with E-state index in [1.165, 1.54) is 7.11 Å². The second kappa shape index (κ2) is 8.22. The minimum atomic E-state index is -0.962. The zero-order valence-corrected chi connectivity index (χ0v) is 17.9. The van der Waals surface area contributed by atoms with Gasteiger partial charge in [0.25, 0.3) is 0 Å². The smallest absolute Gasteiger partial charge is 0.338 e. The van der Waals surface area contributed by atoms with Gasteiger partial charge in [-0.2, -0.15) is 0 Å². The molecule has 0 spiro atoms. The fourth-order valence-electron chi connectivity index (χ4n) is 4.05. The standard InChI is InChI=1S/C24H22N2O6/c1-4-31-24(29)19-18(17(23(28)30-3)12(2)26-22(19)25)14-9-7-10-15-20(27)13-8-5-6-11-16(13)32-21(14)15/h5-11,18,26H,4,25H2,1-3H3. The number of benzene rings is 2. The molecule has 3 aromatic rings. The van der Waals surface area contributed by atoms with Crippen molar-refractivity contribution in [1.82, 2.24) is 5.32 Å². The number of fused-ring (bicyclic) bond motifs is 2. The third-order valence-corrected chi connectivity index (χ3v) is 5.44. The lowest BCUT2D eigenvalue weighted by Crippen LogP contribution is -2.36. The van der Waals surface area contributed by atoms with E-state index in [4.69, 9.17) is 19.6 Å². The van der Waals surface area contributed by atoms with Crippen LogP contribution in [0.25, 0.3) is 21.9 Å². The Kier molecular flexibility index (Phi) is 5.44. The first-order chi connectivity index (χ1) is 15.4. The number of esters is 2. The molecule has 0 aliphatic carbocycles. The maximum atomic E-state index is 13.1. The van der Waals surface area contributed by atoms with Gasteiger partial charge in [-0.05, 0) is 32.0 Å². The predicted molar refractivity (Wildman–Crippen MR) is 118 cm³/mol. The van der Waals surface area contributed by atoms with E-state index in [9.17, 15) is 14.4 Å². The van der Waals surface area contributed by atoms with Crippen LogP contribution in [0.4, 0.5) is 0 Å². The third-order valence-electron chi connectivity index (χ3n) is 5.44. The SMILES string of the molecule is CCOC(=O)C1=C(N)NC(C)=C(C(=O)OC)C1c1cccc2c(=O)c3ccccc3oc12. The van der Waals surface area contributed by atoms with Crippen LogP contribution in [-0.4, -0.2) is 25.7 Å². The van der Waals surface area contributed by atoms with Gasteiger partial charge in [-0.1, -0.05) is 24.3 Å². The summed E-state index contributed by atoms with van der Waals surface area (Å²) in [6.07, 6.45) is 0. The molecule has 2 aromatic carbocycles. The molecule has 0 saturated carbocycles. The van der Waals surface area contributed by atoms with Crippen LogP contribution in [0.3, 0.4) is 0 Å². The number of carbonyl (C=O) groups is 2. The Balaban J connectivity index is 2.08. The van der Waals surface area contributed by atoms with Crippen molar-refractivity contribution < 1.29 is 23.5 Å². The van der Waals surface area contributed by atoms with Crippen molar-refractivity contribution in [2.24, 2.45) is 5.73 Å². The van der Waals surface area contributed by atoms with Gasteiger partial charge in [0.1, 0.15) is 17.0 Å². The first-order valence-electron chi connectivity index (χ1n) is 10.1. The van der Waals surface area contributed by atoms with E-state index in [0.717, 1.165) is 0 Å². The Morgan fingerprint density at radius 2 is 1.78 bits per heavy atom. The molecule has 0 fully saturated rings. The summed E-state index contributed by atoms with van der Waals surface area (Å²) in [6, 6.07) is 11.9. The Morgan fingerprint density at radius 1 is 1.06 bits per heavy atom. The van der Waals surface area contributed by atoms with Gasteiger partial charge >= 0.3 is 11.9 Å². The fourth-order valence-corrected chi connectivity index (χ4v) is 4.05. The maximum Gasteiger partial charge on any atom is 0.338 e. The molecule has 0 radical (unpaired) electrons. The van der Waals surface area contributed by atoms with Crippen LogP contribution in [0.5, 0.6) is 0 Å². The number of para-hydroxylation sites is 2. The molecule has 0 bridgehead atoms. The monoisotopic (exact) mass is 434 g/mol. The van der Waals surface area contributed by atoms with Gasteiger partial charge < -0.3 is 24.9 Å².